The molecule has 1 fully saturated rings. The second-order valence-electron chi connectivity index (χ2n) is 4.14. The van der Waals surface area contributed by atoms with Crippen LogP contribution in [0.5, 0.6) is 0 Å². The van der Waals surface area contributed by atoms with Crippen LogP contribution in [0.1, 0.15) is 5.69 Å². The number of nitrogens with zero attached hydrogens (tertiary/aromatic N) is 1. The quantitative estimate of drug-likeness (QED) is 0.672. The summed E-state index contributed by atoms with van der Waals surface area (Å²) in [5.74, 6) is -0.883. The van der Waals surface area contributed by atoms with Crippen molar-refractivity contribution in [3.8, 4) is 0 Å². The van der Waals surface area contributed by atoms with Gasteiger partial charge in [-0.25, -0.2) is 18.2 Å². The van der Waals surface area contributed by atoms with Gasteiger partial charge in [0, 0.05) is 0 Å². The van der Waals surface area contributed by atoms with Crippen molar-refractivity contribution in [1.82, 2.24) is 10.3 Å². The highest BCUT2D eigenvalue weighted by molar-refractivity contribution is 9.10. The highest BCUT2D eigenvalue weighted by atomic mass is 79.9. The van der Waals surface area contributed by atoms with Gasteiger partial charge in [0.1, 0.15) is 27.9 Å². The van der Waals surface area contributed by atoms with E-state index in [4.69, 9.17) is 4.74 Å². The van der Waals surface area contributed by atoms with Crippen LogP contribution < -0.4 is 5.32 Å². The molecule has 1 N–H and O–H groups in total. The number of alkyl halides is 2. The third-order valence-corrected chi connectivity index (χ3v) is 3.28. The van der Waals surface area contributed by atoms with Crippen molar-refractivity contribution in [3.63, 3.8) is 0 Å². The summed E-state index contributed by atoms with van der Waals surface area (Å²) in [7, 11) is 0. The number of pyridine rings is 1. The van der Waals surface area contributed by atoms with E-state index in [-0.39, 0.29) is 11.2 Å². The number of rotatable bonds is 3. The fourth-order valence-corrected chi connectivity index (χ4v) is 2.24. The minimum Gasteiger partial charge on any atom is -0.377 e. The van der Waals surface area contributed by atoms with Crippen LogP contribution in [0.3, 0.4) is 0 Å². The van der Waals surface area contributed by atoms with Gasteiger partial charge in [0.25, 0.3) is 6.43 Å². The number of aldehydes is 1. The van der Waals surface area contributed by atoms with E-state index in [2.05, 4.69) is 26.2 Å². The Kier molecular flexibility index (Phi) is 4.22. The van der Waals surface area contributed by atoms with Crippen molar-refractivity contribution in [3.05, 3.63) is 28.2 Å². The Bertz CT molecular complexity index is 489. The van der Waals surface area contributed by atoms with E-state index in [1.807, 2.05) is 0 Å². The summed E-state index contributed by atoms with van der Waals surface area (Å²) in [5, 5.41) is 2.43. The van der Waals surface area contributed by atoms with Crippen LogP contribution in [0, 0.1) is 5.82 Å². The number of halogens is 4. The van der Waals surface area contributed by atoms with E-state index >= 15 is 0 Å². The Labute approximate surface area is 115 Å². The molecule has 2 heterocycles. The topological polar surface area (TPSA) is 51.2 Å². The zero-order valence-electron chi connectivity index (χ0n) is 9.58. The Hall–Kier alpha value is -0.990. The van der Waals surface area contributed by atoms with Crippen molar-refractivity contribution in [1.29, 1.82) is 0 Å². The lowest BCUT2D eigenvalue weighted by Gasteiger charge is -2.39. The monoisotopic (exact) mass is 338 g/mol. The highest BCUT2D eigenvalue weighted by Gasteiger charge is 2.49. The van der Waals surface area contributed by atoms with E-state index in [0.29, 0.717) is 6.29 Å². The summed E-state index contributed by atoms with van der Waals surface area (Å²) in [6.07, 6.45) is -2.53. The van der Waals surface area contributed by atoms with Crippen LogP contribution >= 0.6 is 15.9 Å². The first-order chi connectivity index (χ1) is 8.99. The summed E-state index contributed by atoms with van der Waals surface area (Å²) in [4.78, 5) is 14.5. The van der Waals surface area contributed by atoms with Gasteiger partial charge in [0.05, 0.1) is 19.3 Å². The van der Waals surface area contributed by atoms with E-state index < -0.39 is 36.1 Å². The number of hydrogen-bond acceptors (Lipinski definition) is 4. The fraction of sp³-hybridized carbons (Fsp3) is 0.455. The largest absolute Gasteiger partial charge is 0.377 e. The SMILES string of the molecule is O=CC1COC[C@](c2nc(Br)ccc2F)(C(F)F)N1. The van der Waals surface area contributed by atoms with Gasteiger partial charge in [-0.05, 0) is 28.1 Å². The Balaban J connectivity index is 2.49. The summed E-state index contributed by atoms with van der Waals surface area (Å²) in [6, 6.07) is 1.41. The molecule has 0 aromatic carbocycles. The van der Waals surface area contributed by atoms with Crippen molar-refractivity contribution in [2.45, 2.75) is 18.0 Å². The zero-order chi connectivity index (χ0) is 14.0. The lowest BCUT2D eigenvalue weighted by atomic mass is 9.93. The first kappa shape index (κ1) is 14.4. The summed E-state index contributed by atoms with van der Waals surface area (Å²) >= 11 is 3.01. The Morgan fingerprint density at radius 3 is 2.95 bits per heavy atom. The molecule has 1 aliphatic rings. The van der Waals surface area contributed by atoms with Crippen LogP contribution in [0.25, 0.3) is 0 Å². The predicted molar refractivity (Wildman–Crippen MR) is 63.4 cm³/mol. The van der Waals surface area contributed by atoms with Crippen LogP contribution in [-0.2, 0) is 15.1 Å². The predicted octanol–water partition coefficient (Wildman–Crippen LogP) is 1.63. The second kappa shape index (κ2) is 5.56. The molecular formula is C11H10BrF3N2O2. The standard InChI is InChI=1S/C11H10BrF3N2O2/c12-8-2-1-7(13)9(16-8)11(10(14)15)5-19-4-6(3-18)17-11/h1-3,6,10,17H,4-5H2/t6?,11-/m0/s1. The summed E-state index contributed by atoms with van der Waals surface area (Å²) in [5.41, 5.74) is -2.60. The van der Waals surface area contributed by atoms with Gasteiger partial charge in [-0.3, -0.25) is 5.32 Å². The average Bonchev–Trinajstić information content (AvgIpc) is 2.41. The molecule has 0 amide bonds. The molecule has 8 heteroatoms. The van der Waals surface area contributed by atoms with Crippen LogP contribution in [0.4, 0.5) is 13.2 Å². The summed E-state index contributed by atoms with van der Waals surface area (Å²) in [6.45, 7) is -0.497. The smallest absolute Gasteiger partial charge is 0.264 e. The normalized spacial score (nSPS) is 27.5. The fourth-order valence-electron chi connectivity index (χ4n) is 1.93. The van der Waals surface area contributed by atoms with E-state index in [9.17, 15) is 18.0 Å². The Morgan fingerprint density at radius 1 is 1.58 bits per heavy atom. The molecule has 0 spiro atoms. The van der Waals surface area contributed by atoms with Gasteiger partial charge >= 0.3 is 0 Å². The number of carbonyl (C=O) groups excluding carboxylic acids is 1. The molecule has 1 unspecified atom stereocenters. The second-order valence-corrected chi connectivity index (χ2v) is 4.95. The molecule has 2 atom stereocenters. The first-order valence-corrected chi connectivity index (χ1v) is 6.20. The van der Waals surface area contributed by atoms with E-state index in [1.165, 1.54) is 6.07 Å². The Morgan fingerprint density at radius 2 is 2.32 bits per heavy atom. The van der Waals surface area contributed by atoms with Crippen molar-refractivity contribution in [2.24, 2.45) is 0 Å². The average molecular weight is 339 g/mol. The molecule has 0 aliphatic carbocycles. The maximum absolute atomic E-state index is 13.8. The molecule has 19 heavy (non-hydrogen) atoms. The third kappa shape index (κ3) is 2.65. The summed E-state index contributed by atoms with van der Waals surface area (Å²) < 4.78 is 45.8. The number of aromatic nitrogens is 1. The lowest BCUT2D eigenvalue weighted by Crippen LogP contribution is -2.62. The van der Waals surface area contributed by atoms with Crippen molar-refractivity contribution >= 4 is 22.2 Å². The van der Waals surface area contributed by atoms with Crippen LogP contribution in [0.15, 0.2) is 16.7 Å². The number of nitrogens with one attached hydrogen (secondary N) is 1. The molecule has 0 radical (unpaired) electrons. The molecule has 0 saturated carbocycles. The first-order valence-electron chi connectivity index (χ1n) is 5.41. The van der Waals surface area contributed by atoms with E-state index in [0.717, 1.165) is 6.07 Å². The van der Waals surface area contributed by atoms with E-state index in [1.54, 1.807) is 0 Å². The molecule has 104 valence electrons. The highest BCUT2D eigenvalue weighted by Crippen LogP contribution is 2.33. The molecule has 2 rings (SSSR count). The molecule has 4 nitrogen and oxygen atoms in total. The molecule has 0 bridgehead atoms. The maximum Gasteiger partial charge on any atom is 0.264 e. The molecule has 1 aliphatic heterocycles. The molecule has 1 aromatic heterocycles. The van der Waals surface area contributed by atoms with Crippen LogP contribution in [0.2, 0.25) is 0 Å². The third-order valence-electron chi connectivity index (χ3n) is 2.84. The number of hydrogen-bond donors (Lipinski definition) is 1. The van der Waals surface area contributed by atoms with Crippen molar-refractivity contribution in [2.75, 3.05) is 13.2 Å². The van der Waals surface area contributed by atoms with Gasteiger partial charge in [-0.2, -0.15) is 0 Å². The molecule has 1 saturated heterocycles. The minimum absolute atomic E-state index is 0.0341. The number of morpholine rings is 1. The zero-order valence-corrected chi connectivity index (χ0v) is 11.2. The van der Waals surface area contributed by atoms with Gasteiger partial charge < -0.3 is 9.53 Å². The van der Waals surface area contributed by atoms with Gasteiger partial charge in [0.15, 0.2) is 0 Å². The van der Waals surface area contributed by atoms with Crippen LogP contribution in [-0.4, -0.2) is 37.0 Å². The van der Waals surface area contributed by atoms with Crippen molar-refractivity contribution < 1.29 is 22.7 Å². The van der Waals surface area contributed by atoms with Gasteiger partial charge in [-0.1, -0.05) is 0 Å². The van der Waals surface area contributed by atoms with Gasteiger partial charge in [-0.15, -0.1) is 0 Å². The number of ether oxygens (including phenoxy) is 1. The number of carbonyl (C=O) groups is 1. The van der Waals surface area contributed by atoms with Gasteiger partial charge in [0.2, 0.25) is 0 Å². The molecule has 1 aromatic rings. The maximum atomic E-state index is 13.8. The molecular weight excluding hydrogens is 329 g/mol. The lowest BCUT2D eigenvalue weighted by molar-refractivity contribution is -0.121. The minimum atomic E-state index is -2.98.